The average molecular weight is 436 g/mol. The van der Waals surface area contributed by atoms with E-state index in [-0.39, 0.29) is 11.6 Å². The molecule has 2 fully saturated rings. The van der Waals surface area contributed by atoms with Crippen LogP contribution < -0.4 is 5.56 Å². The number of tetrazole rings is 1. The van der Waals surface area contributed by atoms with E-state index in [1.807, 2.05) is 10.7 Å². The zero-order valence-electron chi connectivity index (χ0n) is 19.3. The van der Waals surface area contributed by atoms with Gasteiger partial charge in [-0.1, -0.05) is 25.3 Å². The second-order valence-electron chi connectivity index (χ2n) is 9.61. The number of nitrogens with zero attached hydrogens (tertiary/aromatic N) is 6. The van der Waals surface area contributed by atoms with Crippen LogP contribution in [-0.4, -0.2) is 68.2 Å². The molecular weight excluding hydrogens is 402 g/mol. The largest absolute Gasteiger partial charge is 0.322 e. The lowest BCUT2D eigenvalue weighted by Crippen LogP contribution is -2.47. The molecule has 0 spiro atoms. The Labute approximate surface area is 188 Å². The van der Waals surface area contributed by atoms with Gasteiger partial charge in [-0.2, -0.15) is 0 Å². The van der Waals surface area contributed by atoms with Crippen molar-refractivity contribution >= 4 is 10.9 Å². The Hall–Kier alpha value is -2.58. The third-order valence-electron chi connectivity index (χ3n) is 7.22. The highest BCUT2D eigenvalue weighted by Gasteiger charge is 2.34. The molecule has 32 heavy (non-hydrogen) atoms. The Morgan fingerprint density at radius 3 is 2.53 bits per heavy atom. The van der Waals surface area contributed by atoms with Gasteiger partial charge in [-0.05, 0) is 67.4 Å². The first-order valence-electron chi connectivity index (χ1n) is 11.9. The molecule has 0 amide bonds. The van der Waals surface area contributed by atoms with Crippen LogP contribution in [0.15, 0.2) is 23.0 Å². The molecule has 170 valence electrons. The lowest BCUT2D eigenvalue weighted by molar-refractivity contribution is 0.119. The lowest BCUT2D eigenvalue weighted by Gasteiger charge is -2.37. The molecule has 1 aromatic carbocycles. The molecule has 0 unspecified atom stereocenters. The quantitative estimate of drug-likeness (QED) is 0.678. The number of piperazine rings is 1. The number of pyridine rings is 1. The minimum Gasteiger partial charge on any atom is -0.322 e. The average Bonchev–Trinajstić information content (AvgIpc) is 3.26. The fourth-order valence-corrected chi connectivity index (χ4v) is 5.44. The van der Waals surface area contributed by atoms with Crippen molar-refractivity contribution in [2.24, 2.45) is 0 Å². The first-order chi connectivity index (χ1) is 15.5. The van der Waals surface area contributed by atoms with E-state index in [0.717, 1.165) is 66.9 Å². The van der Waals surface area contributed by atoms with Crippen LogP contribution in [0.25, 0.3) is 10.9 Å². The normalized spacial score (nSPS) is 20.1. The fourth-order valence-electron chi connectivity index (χ4n) is 5.44. The van der Waals surface area contributed by atoms with Gasteiger partial charge in [0.25, 0.3) is 5.56 Å². The van der Waals surface area contributed by atoms with Gasteiger partial charge >= 0.3 is 0 Å². The van der Waals surface area contributed by atoms with Crippen LogP contribution in [0.3, 0.4) is 0 Å². The van der Waals surface area contributed by atoms with Crippen molar-refractivity contribution in [3.63, 3.8) is 0 Å². The number of hydrogen-bond acceptors (Lipinski definition) is 6. The molecule has 2 aliphatic rings. The highest BCUT2D eigenvalue weighted by Crippen LogP contribution is 2.33. The van der Waals surface area contributed by atoms with Crippen molar-refractivity contribution in [3.05, 3.63) is 51.1 Å². The Kier molecular flexibility index (Phi) is 5.82. The van der Waals surface area contributed by atoms with Gasteiger partial charge in [0, 0.05) is 42.6 Å². The van der Waals surface area contributed by atoms with Crippen LogP contribution in [0.5, 0.6) is 0 Å². The van der Waals surface area contributed by atoms with E-state index in [1.54, 1.807) is 0 Å². The zero-order valence-corrected chi connectivity index (χ0v) is 19.3. The predicted molar refractivity (Wildman–Crippen MR) is 125 cm³/mol. The number of aromatic amines is 1. The molecule has 1 N–H and O–H groups in total. The first-order valence-corrected chi connectivity index (χ1v) is 11.9. The Morgan fingerprint density at radius 1 is 1.03 bits per heavy atom. The van der Waals surface area contributed by atoms with Gasteiger partial charge in [-0.15, -0.1) is 5.10 Å². The Morgan fingerprint density at radius 2 is 1.78 bits per heavy atom. The van der Waals surface area contributed by atoms with Gasteiger partial charge in [0.15, 0.2) is 5.82 Å². The third-order valence-corrected chi connectivity index (χ3v) is 7.22. The summed E-state index contributed by atoms with van der Waals surface area (Å²) in [4.78, 5) is 21.3. The molecule has 1 saturated carbocycles. The summed E-state index contributed by atoms with van der Waals surface area (Å²) in [5.74, 6) is 0.802. The van der Waals surface area contributed by atoms with Crippen molar-refractivity contribution in [2.45, 2.75) is 58.0 Å². The van der Waals surface area contributed by atoms with Crippen molar-refractivity contribution in [3.8, 4) is 0 Å². The second-order valence-corrected chi connectivity index (χ2v) is 9.61. The molecule has 0 radical (unpaired) electrons. The number of nitrogens with one attached hydrogen (secondary N) is 1. The van der Waals surface area contributed by atoms with E-state index < -0.39 is 0 Å². The number of rotatable bonds is 4. The zero-order chi connectivity index (χ0) is 22.2. The van der Waals surface area contributed by atoms with Gasteiger partial charge in [0.2, 0.25) is 0 Å². The van der Waals surface area contributed by atoms with E-state index in [4.69, 9.17) is 0 Å². The van der Waals surface area contributed by atoms with E-state index >= 15 is 0 Å². The maximum Gasteiger partial charge on any atom is 0.253 e. The van der Waals surface area contributed by atoms with Crippen molar-refractivity contribution < 1.29 is 0 Å². The summed E-state index contributed by atoms with van der Waals surface area (Å²) in [6.45, 7) is 7.85. The summed E-state index contributed by atoms with van der Waals surface area (Å²) >= 11 is 0. The molecule has 3 aromatic rings. The Balaban J connectivity index is 1.64. The smallest absolute Gasteiger partial charge is 0.253 e. The third kappa shape index (κ3) is 3.97. The SMILES string of the molecule is Cc1cc(C)c2cc([C@@H](c3nnnn3C3CCCCC3)N3CCN(C)CC3)c(=O)[nH]c2c1. The molecule has 1 atom stereocenters. The van der Waals surface area contributed by atoms with E-state index in [9.17, 15) is 4.79 Å². The van der Waals surface area contributed by atoms with Crippen LogP contribution >= 0.6 is 0 Å². The van der Waals surface area contributed by atoms with Crippen molar-refractivity contribution in [2.75, 3.05) is 33.2 Å². The van der Waals surface area contributed by atoms with Gasteiger partial charge in [-0.3, -0.25) is 9.69 Å². The predicted octanol–water partition coefficient (Wildman–Crippen LogP) is 2.97. The van der Waals surface area contributed by atoms with Crippen LogP contribution in [0.2, 0.25) is 0 Å². The summed E-state index contributed by atoms with van der Waals surface area (Å²) < 4.78 is 2.02. The molecule has 1 aliphatic heterocycles. The molecule has 1 aliphatic carbocycles. The number of fused-ring (bicyclic) bond motifs is 1. The topological polar surface area (TPSA) is 82.9 Å². The molecule has 3 heterocycles. The molecule has 8 nitrogen and oxygen atoms in total. The molecule has 5 rings (SSSR count). The molecule has 2 aromatic heterocycles. The summed E-state index contributed by atoms with van der Waals surface area (Å²) in [5.41, 5.74) is 3.89. The second kappa shape index (κ2) is 8.75. The molecule has 1 saturated heterocycles. The molecule has 0 bridgehead atoms. The maximum atomic E-state index is 13.4. The number of aryl methyl sites for hydroxylation is 2. The number of aromatic nitrogens is 5. The van der Waals surface area contributed by atoms with E-state index in [0.29, 0.717) is 6.04 Å². The highest BCUT2D eigenvalue weighted by atomic mass is 16.1. The van der Waals surface area contributed by atoms with Crippen molar-refractivity contribution in [1.82, 2.24) is 35.0 Å². The van der Waals surface area contributed by atoms with Gasteiger partial charge in [0.05, 0.1) is 6.04 Å². The molecular formula is C24H33N7O. The summed E-state index contributed by atoms with van der Waals surface area (Å²) in [6.07, 6.45) is 5.88. The summed E-state index contributed by atoms with van der Waals surface area (Å²) in [6, 6.07) is 6.35. The fraction of sp³-hybridized carbons (Fsp3) is 0.583. The first kappa shape index (κ1) is 21.3. The lowest BCUT2D eigenvalue weighted by atomic mass is 9.94. The monoisotopic (exact) mass is 435 g/mol. The van der Waals surface area contributed by atoms with Gasteiger partial charge < -0.3 is 9.88 Å². The maximum absolute atomic E-state index is 13.4. The van der Waals surface area contributed by atoms with Crippen LogP contribution in [0.1, 0.15) is 66.7 Å². The van der Waals surface area contributed by atoms with Gasteiger partial charge in [0.1, 0.15) is 6.04 Å². The molecule has 8 heteroatoms. The summed E-state index contributed by atoms with van der Waals surface area (Å²) in [5, 5.41) is 14.1. The van der Waals surface area contributed by atoms with Gasteiger partial charge in [-0.25, -0.2) is 4.68 Å². The standard InChI is InChI=1S/C24H33N7O/c1-16-13-17(2)19-15-20(24(32)25-21(19)14-16)22(30-11-9-29(3)10-12-30)23-26-27-28-31(23)18-7-5-4-6-8-18/h13-15,18,22H,4-12H2,1-3H3,(H,25,32)/t22-/m0/s1. The van der Waals surface area contributed by atoms with Crippen molar-refractivity contribution in [1.29, 1.82) is 0 Å². The number of likely N-dealkylation sites (N-methyl/N-ethyl adjacent to an activating group) is 1. The minimum atomic E-state index is -0.255. The minimum absolute atomic E-state index is 0.0513. The highest BCUT2D eigenvalue weighted by molar-refractivity contribution is 5.83. The van der Waals surface area contributed by atoms with Crippen LogP contribution in [-0.2, 0) is 0 Å². The van der Waals surface area contributed by atoms with E-state index in [1.165, 1.54) is 24.8 Å². The van der Waals surface area contributed by atoms with E-state index in [2.05, 4.69) is 63.3 Å². The number of hydrogen-bond donors (Lipinski definition) is 1. The van der Waals surface area contributed by atoms with Crippen LogP contribution in [0, 0.1) is 13.8 Å². The summed E-state index contributed by atoms with van der Waals surface area (Å²) in [7, 11) is 2.15. The Bertz CT molecular complexity index is 1150. The van der Waals surface area contributed by atoms with Crippen LogP contribution in [0.4, 0.5) is 0 Å². The number of benzene rings is 1. The number of H-pyrrole nitrogens is 1.